The Morgan fingerprint density at radius 3 is 2.62 bits per heavy atom. The highest BCUT2D eigenvalue weighted by Crippen LogP contribution is 2.25. The monoisotopic (exact) mass is 332 g/mol. The van der Waals surface area contributed by atoms with Crippen molar-refractivity contribution in [3.05, 3.63) is 18.2 Å². The summed E-state index contributed by atoms with van der Waals surface area (Å²) in [7, 11) is 0. The number of hydrogen-bond donors (Lipinski definition) is 2. The molecule has 0 aliphatic carbocycles. The molecular weight excluding hydrogens is 308 g/mol. The van der Waals surface area contributed by atoms with Crippen LogP contribution >= 0.6 is 0 Å². The zero-order valence-electron chi connectivity index (χ0n) is 14.2. The van der Waals surface area contributed by atoms with Crippen LogP contribution in [0.5, 0.6) is 0 Å². The maximum Gasteiger partial charge on any atom is 0.306 e. The molecule has 0 heterocycles. The summed E-state index contributed by atoms with van der Waals surface area (Å²) in [6.45, 7) is 5.57. The SMILES string of the molecule is CCN(CC)c1ccc(N)c(NC(=O)CCCC(=O)OCC#N)c1. The second kappa shape index (κ2) is 10.1. The molecular formula is C17H24N4O3. The van der Waals surface area contributed by atoms with Crippen molar-refractivity contribution in [3.63, 3.8) is 0 Å². The van der Waals surface area contributed by atoms with Crippen molar-refractivity contribution in [2.75, 3.05) is 35.6 Å². The van der Waals surface area contributed by atoms with Crippen LogP contribution in [0.25, 0.3) is 0 Å². The van der Waals surface area contributed by atoms with Gasteiger partial charge < -0.3 is 20.7 Å². The first-order chi connectivity index (χ1) is 11.5. The van der Waals surface area contributed by atoms with Gasteiger partial charge in [-0.1, -0.05) is 0 Å². The van der Waals surface area contributed by atoms with E-state index in [1.165, 1.54) is 0 Å². The van der Waals surface area contributed by atoms with Crippen LogP contribution < -0.4 is 16.0 Å². The number of nitrogen functional groups attached to an aromatic ring is 1. The van der Waals surface area contributed by atoms with Crippen molar-refractivity contribution in [2.45, 2.75) is 33.1 Å². The van der Waals surface area contributed by atoms with Crippen molar-refractivity contribution < 1.29 is 14.3 Å². The van der Waals surface area contributed by atoms with Crippen LogP contribution in [0.2, 0.25) is 0 Å². The molecule has 130 valence electrons. The molecule has 3 N–H and O–H groups in total. The molecule has 0 bridgehead atoms. The first kappa shape index (κ1) is 19.3. The minimum Gasteiger partial charge on any atom is -0.450 e. The Labute approximate surface area is 142 Å². The Kier molecular flexibility index (Phi) is 8.13. The second-order valence-corrected chi connectivity index (χ2v) is 5.16. The number of benzene rings is 1. The van der Waals surface area contributed by atoms with Gasteiger partial charge in [0.2, 0.25) is 5.91 Å². The van der Waals surface area contributed by atoms with Gasteiger partial charge in [-0.15, -0.1) is 0 Å². The first-order valence-corrected chi connectivity index (χ1v) is 7.98. The lowest BCUT2D eigenvalue weighted by molar-refractivity contribution is -0.142. The number of carbonyl (C=O) groups excluding carboxylic acids is 2. The van der Waals surface area contributed by atoms with Crippen molar-refractivity contribution in [1.29, 1.82) is 5.26 Å². The second-order valence-electron chi connectivity index (χ2n) is 5.16. The fourth-order valence-electron chi connectivity index (χ4n) is 2.23. The van der Waals surface area contributed by atoms with Crippen LogP contribution in [0, 0.1) is 11.3 Å². The molecule has 0 spiro atoms. The molecule has 0 atom stereocenters. The number of nitrogens with two attached hydrogens (primary N) is 1. The lowest BCUT2D eigenvalue weighted by atomic mass is 10.2. The van der Waals surface area contributed by atoms with Gasteiger partial charge in [0.25, 0.3) is 0 Å². The lowest BCUT2D eigenvalue weighted by Crippen LogP contribution is -2.22. The molecule has 0 aromatic heterocycles. The minimum atomic E-state index is -0.479. The number of esters is 1. The molecule has 1 aromatic rings. The molecule has 0 aliphatic rings. The number of nitrogens with zero attached hydrogens (tertiary/aromatic N) is 2. The van der Waals surface area contributed by atoms with Crippen molar-refractivity contribution >= 4 is 28.9 Å². The zero-order valence-corrected chi connectivity index (χ0v) is 14.2. The van der Waals surface area contributed by atoms with E-state index < -0.39 is 5.97 Å². The largest absolute Gasteiger partial charge is 0.450 e. The summed E-state index contributed by atoms with van der Waals surface area (Å²) >= 11 is 0. The summed E-state index contributed by atoms with van der Waals surface area (Å²) in [4.78, 5) is 25.4. The standard InChI is InChI=1S/C17H24N4O3/c1-3-21(4-2)13-8-9-14(19)15(12-13)20-16(22)6-5-7-17(23)24-11-10-18/h8-9,12H,3-7,11,19H2,1-2H3,(H,20,22). The van der Waals surface area contributed by atoms with Crippen molar-refractivity contribution in [2.24, 2.45) is 0 Å². The molecule has 0 aliphatic heterocycles. The summed E-state index contributed by atoms with van der Waals surface area (Å²) in [6.07, 6.45) is 0.631. The molecule has 24 heavy (non-hydrogen) atoms. The molecule has 0 saturated heterocycles. The highest BCUT2D eigenvalue weighted by Gasteiger charge is 2.10. The van der Waals surface area contributed by atoms with Gasteiger partial charge in [-0.05, 0) is 38.5 Å². The number of anilines is 3. The molecule has 0 fully saturated rings. The Hall–Kier alpha value is -2.75. The van der Waals surface area contributed by atoms with E-state index in [4.69, 9.17) is 11.0 Å². The lowest BCUT2D eigenvalue weighted by Gasteiger charge is -2.22. The third-order valence-corrected chi connectivity index (χ3v) is 3.52. The average molecular weight is 332 g/mol. The summed E-state index contributed by atoms with van der Waals surface area (Å²) in [5.74, 6) is -0.695. The molecule has 1 rings (SSSR count). The van der Waals surface area contributed by atoms with Gasteiger partial charge in [-0.2, -0.15) is 5.26 Å². The fourth-order valence-corrected chi connectivity index (χ4v) is 2.23. The Morgan fingerprint density at radius 2 is 2.00 bits per heavy atom. The number of carbonyl (C=O) groups is 2. The van der Waals surface area contributed by atoms with E-state index in [0.29, 0.717) is 17.8 Å². The van der Waals surface area contributed by atoms with Gasteiger partial charge in [0.05, 0.1) is 11.4 Å². The average Bonchev–Trinajstić information content (AvgIpc) is 2.56. The van der Waals surface area contributed by atoms with Crippen molar-refractivity contribution in [1.82, 2.24) is 0 Å². The van der Waals surface area contributed by atoms with Crippen LogP contribution in [0.4, 0.5) is 17.1 Å². The van der Waals surface area contributed by atoms with E-state index in [1.54, 1.807) is 12.1 Å². The van der Waals surface area contributed by atoms with Gasteiger partial charge in [0.15, 0.2) is 6.61 Å². The topological polar surface area (TPSA) is 108 Å². The normalized spacial score (nSPS) is 9.88. The van der Waals surface area contributed by atoms with E-state index >= 15 is 0 Å². The number of nitrogens with one attached hydrogen (secondary N) is 1. The highest BCUT2D eigenvalue weighted by atomic mass is 16.5. The third-order valence-electron chi connectivity index (χ3n) is 3.52. The summed E-state index contributed by atoms with van der Waals surface area (Å²) < 4.78 is 4.62. The third kappa shape index (κ3) is 6.16. The van der Waals surface area contributed by atoms with Gasteiger partial charge in [-0.25, -0.2) is 0 Å². The van der Waals surface area contributed by atoms with Gasteiger partial charge in [0.1, 0.15) is 6.07 Å². The molecule has 0 saturated carbocycles. The van der Waals surface area contributed by atoms with Crippen LogP contribution in [-0.4, -0.2) is 31.6 Å². The Morgan fingerprint density at radius 1 is 1.29 bits per heavy atom. The van der Waals surface area contributed by atoms with Crippen molar-refractivity contribution in [3.8, 4) is 6.07 Å². The van der Waals surface area contributed by atoms with Gasteiger partial charge in [-0.3, -0.25) is 9.59 Å². The number of hydrogen-bond acceptors (Lipinski definition) is 6. The maximum atomic E-state index is 12.0. The first-order valence-electron chi connectivity index (χ1n) is 7.98. The maximum absolute atomic E-state index is 12.0. The molecule has 1 aromatic carbocycles. The molecule has 0 unspecified atom stereocenters. The van der Waals surface area contributed by atoms with Gasteiger partial charge >= 0.3 is 5.97 Å². The Balaban J connectivity index is 2.56. The predicted octanol–water partition coefficient (Wildman–Crippen LogP) is 2.29. The summed E-state index contributed by atoms with van der Waals surface area (Å²) in [5.41, 5.74) is 7.96. The van der Waals surface area contributed by atoms with E-state index in [1.807, 2.05) is 12.1 Å². The van der Waals surface area contributed by atoms with Crippen LogP contribution in [-0.2, 0) is 14.3 Å². The minimum absolute atomic E-state index is 0.101. The highest BCUT2D eigenvalue weighted by molar-refractivity contribution is 5.94. The number of nitriles is 1. The van der Waals surface area contributed by atoms with E-state index in [9.17, 15) is 9.59 Å². The fraction of sp³-hybridized carbons (Fsp3) is 0.471. The summed E-state index contributed by atoms with van der Waals surface area (Å²) in [6, 6.07) is 7.26. The van der Waals surface area contributed by atoms with E-state index in [-0.39, 0.29) is 25.4 Å². The summed E-state index contributed by atoms with van der Waals surface area (Å²) in [5, 5.41) is 11.1. The predicted molar refractivity (Wildman–Crippen MR) is 93.5 cm³/mol. The van der Waals surface area contributed by atoms with Crippen LogP contribution in [0.3, 0.4) is 0 Å². The van der Waals surface area contributed by atoms with Crippen LogP contribution in [0.1, 0.15) is 33.1 Å². The zero-order chi connectivity index (χ0) is 17.9. The molecule has 1 amide bonds. The Bertz CT molecular complexity index is 606. The van der Waals surface area contributed by atoms with E-state index in [2.05, 4.69) is 28.8 Å². The van der Waals surface area contributed by atoms with Gasteiger partial charge in [0, 0.05) is 31.6 Å². The number of rotatable bonds is 9. The quantitative estimate of drug-likeness (QED) is 0.530. The van der Waals surface area contributed by atoms with E-state index in [0.717, 1.165) is 18.8 Å². The molecule has 7 heteroatoms. The number of amides is 1. The smallest absolute Gasteiger partial charge is 0.306 e. The van der Waals surface area contributed by atoms with Crippen LogP contribution in [0.15, 0.2) is 18.2 Å². The number of ether oxygens (including phenoxy) is 1. The molecule has 7 nitrogen and oxygen atoms in total. The molecule has 0 radical (unpaired) electrons.